The number of hydrogen-bond acceptors (Lipinski definition) is 3. The number of carbonyl (C=O) groups excluding carboxylic acids is 1. The van der Waals surface area contributed by atoms with Gasteiger partial charge in [-0.25, -0.2) is 4.79 Å². The third-order valence-electron chi connectivity index (χ3n) is 2.63. The van der Waals surface area contributed by atoms with Gasteiger partial charge in [0, 0.05) is 5.57 Å². The minimum atomic E-state index is -0.517. The van der Waals surface area contributed by atoms with E-state index in [1.807, 2.05) is 20.8 Å². The zero-order chi connectivity index (χ0) is 15.2. The van der Waals surface area contributed by atoms with Gasteiger partial charge < -0.3 is 9.47 Å². The summed E-state index contributed by atoms with van der Waals surface area (Å²) in [6.45, 7) is 17.6. The molecule has 1 atom stereocenters. The van der Waals surface area contributed by atoms with Crippen molar-refractivity contribution in [3.05, 3.63) is 23.8 Å². The maximum absolute atomic E-state index is 11.4. The second-order valence-electron chi connectivity index (χ2n) is 6.03. The molecule has 3 heteroatoms. The normalized spacial score (nSPS) is 14.4. The van der Waals surface area contributed by atoms with Crippen molar-refractivity contribution in [3.8, 4) is 0 Å². The van der Waals surface area contributed by atoms with Crippen molar-refractivity contribution < 1.29 is 14.3 Å². The maximum Gasteiger partial charge on any atom is 0.333 e. The van der Waals surface area contributed by atoms with E-state index in [9.17, 15) is 4.79 Å². The number of rotatable bonds is 7. The van der Waals surface area contributed by atoms with E-state index in [1.165, 1.54) is 5.57 Å². The third kappa shape index (κ3) is 7.83. The van der Waals surface area contributed by atoms with Crippen molar-refractivity contribution in [1.82, 2.24) is 0 Å². The molecule has 0 rings (SSSR count). The van der Waals surface area contributed by atoms with Crippen LogP contribution in [0.2, 0.25) is 0 Å². The Morgan fingerprint density at radius 2 is 1.79 bits per heavy atom. The number of carbonyl (C=O) groups is 1. The highest BCUT2D eigenvalue weighted by Crippen LogP contribution is 2.18. The summed E-state index contributed by atoms with van der Waals surface area (Å²) in [6.07, 6.45) is 2.18. The smallest absolute Gasteiger partial charge is 0.333 e. The lowest BCUT2D eigenvalue weighted by Gasteiger charge is -2.29. The van der Waals surface area contributed by atoms with Crippen molar-refractivity contribution in [3.63, 3.8) is 0 Å². The highest BCUT2D eigenvalue weighted by atomic mass is 16.6. The first-order valence-electron chi connectivity index (χ1n) is 6.74. The molecule has 0 radical (unpaired) electrons. The molecule has 0 saturated heterocycles. The summed E-state index contributed by atoms with van der Waals surface area (Å²) in [5.74, 6) is 0.120. The average Bonchev–Trinajstić information content (AvgIpc) is 2.24. The molecule has 1 unspecified atom stereocenters. The monoisotopic (exact) mass is 268 g/mol. The van der Waals surface area contributed by atoms with Gasteiger partial charge in [-0.05, 0) is 46.1 Å². The fraction of sp³-hybridized carbons (Fsp3) is 0.688. The molecular formula is C16H28O3. The van der Waals surface area contributed by atoms with Gasteiger partial charge >= 0.3 is 5.97 Å². The van der Waals surface area contributed by atoms with Crippen LogP contribution in [0.3, 0.4) is 0 Å². The Kier molecular flexibility index (Phi) is 7.06. The van der Waals surface area contributed by atoms with E-state index < -0.39 is 5.60 Å². The summed E-state index contributed by atoms with van der Waals surface area (Å²) in [4.78, 5) is 11.4. The number of ether oxygens (including phenoxy) is 2. The van der Waals surface area contributed by atoms with Crippen LogP contribution in [0.15, 0.2) is 23.8 Å². The van der Waals surface area contributed by atoms with Gasteiger partial charge in [0.25, 0.3) is 0 Å². The fourth-order valence-electron chi connectivity index (χ4n) is 1.63. The van der Waals surface area contributed by atoms with Gasteiger partial charge in [0.2, 0.25) is 0 Å². The van der Waals surface area contributed by atoms with E-state index in [2.05, 4.69) is 33.4 Å². The van der Waals surface area contributed by atoms with Gasteiger partial charge in [-0.1, -0.05) is 26.5 Å². The molecule has 19 heavy (non-hydrogen) atoms. The molecule has 0 aliphatic rings. The lowest BCUT2D eigenvalue weighted by atomic mass is 10.1. The molecule has 0 bridgehead atoms. The standard InChI is InChI=1S/C16H28O3/c1-11(2)9-13(5)14(6)19-16(7,8)10-18-15(17)12(3)4/h9,11,14H,3,10H2,1-2,4-8H3. The molecule has 0 aromatic rings. The average molecular weight is 268 g/mol. The molecule has 0 N–H and O–H groups in total. The Balaban J connectivity index is 4.43. The minimum Gasteiger partial charge on any atom is -0.459 e. The lowest BCUT2D eigenvalue weighted by Crippen LogP contribution is -2.35. The van der Waals surface area contributed by atoms with Crippen LogP contribution in [-0.4, -0.2) is 24.3 Å². The number of esters is 1. The van der Waals surface area contributed by atoms with Crippen molar-refractivity contribution >= 4 is 5.97 Å². The molecular weight excluding hydrogens is 240 g/mol. The zero-order valence-corrected chi connectivity index (χ0v) is 13.4. The molecule has 3 nitrogen and oxygen atoms in total. The van der Waals surface area contributed by atoms with Crippen LogP contribution >= 0.6 is 0 Å². The van der Waals surface area contributed by atoms with Crippen LogP contribution in [0.4, 0.5) is 0 Å². The van der Waals surface area contributed by atoms with Gasteiger partial charge in [-0.3, -0.25) is 0 Å². The van der Waals surface area contributed by atoms with Gasteiger partial charge in [0.05, 0.1) is 11.7 Å². The largest absolute Gasteiger partial charge is 0.459 e. The Hall–Kier alpha value is -1.09. The summed E-state index contributed by atoms with van der Waals surface area (Å²) in [5.41, 5.74) is 1.07. The number of hydrogen-bond donors (Lipinski definition) is 0. The van der Waals surface area contributed by atoms with Gasteiger partial charge in [0.1, 0.15) is 6.61 Å². The van der Waals surface area contributed by atoms with E-state index in [0.29, 0.717) is 11.5 Å². The number of allylic oxidation sites excluding steroid dienone is 1. The first kappa shape index (κ1) is 17.9. The summed E-state index contributed by atoms with van der Waals surface area (Å²) in [5, 5.41) is 0. The van der Waals surface area contributed by atoms with Gasteiger partial charge in [0.15, 0.2) is 0 Å². The minimum absolute atomic E-state index is 0.000861. The van der Waals surface area contributed by atoms with Gasteiger partial charge in [-0.15, -0.1) is 0 Å². The van der Waals surface area contributed by atoms with Crippen molar-refractivity contribution in [1.29, 1.82) is 0 Å². The predicted molar refractivity (Wildman–Crippen MR) is 79.0 cm³/mol. The highest BCUT2D eigenvalue weighted by molar-refractivity contribution is 5.86. The second-order valence-corrected chi connectivity index (χ2v) is 6.03. The van der Waals surface area contributed by atoms with Crippen LogP contribution < -0.4 is 0 Å². The molecule has 0 spiro atoms. The molecule has 0 amide bonds. The molecule has 0 aromatic heterocycles. The maximum atomic E-state index is 11.4. The second kappa shape index (κ2) is 7.49. The quantitative estimate of drug-likeness (QED) is 0.399. The lowest BCUT2D eigenvalue weighted by molar-refractivity contribution is -0.151. The van der Waals surface area contributed by atoms with Crippen LogP contribution in [-0.2, 0) is 14.3 Å². The van der Waals surface area contributed by atoms with Crippen LogP contribution in [0.1, 0.15) is 48.5 Å². The van der Waals surface area contributed by atoms with Crippen LogP contribution in [0.5, 0.6) is 0 Å². The Labute approximate surface area is 117 Å². The van der Waals surface area contributed by atoms with Crippen molar-refractivity contribution in [2.75, 3.05) is 6.61 Å². The summed E-state index contributed by atoms with van der Waals surface area (Å²) in [6, 6.07) is 0. The Bertz CT molecular complexity index is 351. The summed E-state index contributed by atoms with van der Waals surface area (Å²) < 4.78 is 11.1. The van der Waals surface area contributed by atoms with E-state index >= 15 is 0 Å². The van der Waals surface area contributed by atoms with Crippen molar-refractivity contribution in [2.45, 2.75) is 60.2 Å². The fourth-order valence-corrected chi connectivity index (χ4v) is 1.63. The molecule has 0 aromatic carbocycles. The molecule has 0 saturated carbocycles. The van der Waals surface area contributed by atoms with Crippen LogP contribution in [0.25, 0.3) is 0 Å². The topological polar surface area (TPSA) is 35.5 Å². The molecule has 110 valence electrons. The van der Waals surface area contributed by atoms with Crippen molar-refractivity contribution in [2.24, 2.45) is 5.92 Å². The summed E-state index contributed by atoms with van der Waals surface area (Å²) >= 11 is 0. The van der Waals surface area contributed by atoms with Gasteiger partial charge in [-0.2, -0.15) is 0 Å². The Morgan fingerprint density at radius 1 is 1.26 bits per heavy atom. The first-order valence-corrected chi connectivity index (χ1v) is 6.74. The molecule has 0 heterocycles. The van der Waals surface area contributed by atoms with E-state index in [0.717, 1.165) is 0 Å². The SMILES string of the molecule is C=C(C)C(=O)OCC(C)(C)OC(C)C(C)=CC(C)C. The molecule has 0 aliphatic carbocycles. The zero-order valence-electron chi connectivity index (χ0n) is 13.4. The van der Waals surface area contributed by atoms with Crippen LogP contribution in [0, 0.1) is 5.92 Å². The molecule has 0 aliphatic heterocycles. The highest BCUT2D eigenvalue weighted by Gasteiger charge is 2.24. The van der Waals surface area contributed by atoms with E-state index in [-0.39, 0.29) is 18.7 Å². The summed E-state index contributed by atoms with van der Waals surface area (Å²) in [7, 11) is 0. The molecule has 0 fully saturated rings. The third-order valence-corrected chi connectivity index (χ3v) is 2.63. The predicted octanol–water partition coefficient (Wildman–Crippen LogP) is 3.89. The van der Waals surface area contributed by atoms with E-state index in [1.54, 1.807) is 6.92 Å². The Morgan fingerprint density at radius 3 is 2.21 bits per heavy atom. The van der Waals surface area contributed by atoms with E-state index in [4.69, 9.17) is 9.47 Å². The first-order chi connectivity index (χ1) is 8.55.